The molecule has 1 N–H and O–H groups in total. The Morgan fingerprint density at radius 3 is 1.50 bits per heavy atom. The van der Waals surface area contributed by atoms with Crippen LogP contribution in [0.2, 0.25) is 0 Å². The maximum Gasteiger partial charge on any atom is 0.303 e. The van der Waals surface area contributed by atoms with E-state index in [1.54, 1.807) is 0 Å². The lowest BCUT2D eigenvalue weighted by molar-refractivity contribution is -0.137. The molecule has 0 aliphatic rings. The molecule has 94 valence electrons. The minimum absolute atomic E-state index is 0.0197. The molecule has 0 spiro atoms. The van der Waals surface area contributed by atoms with Crippen molar-refractivity contribution >= 4 is 23.7 Å². The third kappa shape index (κ3) is 13.5. The van der Waals surface area contributed by atoms with Crippen molar-refractivity contribution in [3.63, 3.8) is 0 Å². The van der Waals surface area contributed by atoms with Crippen LogP contribution in [0.15, 0.2) is 0 Å². The van der Waals surface area contributed by atoms with Crippen LogP contribution in [-0.4, -0.2) is 16.2 Å². The molecule has 0 bridgehead atoms. The average Bonchev–Trinajstić information content (AvgIpc) is 2.20. The molecule has 0 heterocycles. The summed E-state index contributed by atoms with van der Waals surface area (Å²) >= 11 is 3.71. The number of rotatable bonds is 11. The summed E-state index contributed by atoms with van der Waals surface area (Å²) in [7, 11) is 0. The van der Waals surface area contributed by atoms with Gasteiger partial charge >= 0.3 is 5.97 Å². The molecule has 0 atom stereocenters. The van der Waals surface area contributed by atoms with Crippen molar-refractivity contribution in [1.29, 1.82) is 0 Å². The molecule has 0 aromatic rings. The van der Waals surface area contributed by atoms with Crippen molar-refractivity contribution in [2.45, 2.75) is 64.2 Å². The molecule has 0 unspecified atom stereocenters. The molecular formula is C12H22O3S. The number of thiol groups is 1. The predicted octanol–water partition coefficient (Wildman–Crippen LogP) is 3.43. The van der Waals surface area contributed by atoms with Gasteiger partial charge in [0.15, 0.2) is 5.12 Å². The minimum atomic E-state index is -0.698. The Bertz CT molecular complexity index is 182. The van der Waals surface area contributed by atoms with Crippen LogP contribution < -0.4 is 0 Å². The number of carbonyl (C=O) groups excluding carboxylic acids is 1. The second-order valence-corrected chi connectivity index (χ2v) is 4.61. The van der Waals surface area contributed by atoms with E-state index in [1.165, 1.54) is 19.3 Å². The summed E-state index contributed by atoms with van der Waals surface area (Å²) in [6, 6.07) is 0. The number of carboxylic acids is 1. The highest BCUT2D eigenvalue weighted by Crippen LogP contribution is 2.10. The Balaban J connectivity index is 2.98. The van der Waals surface area contributed by atoms with Crippen molar-refractivity contribution in [3.8, 4) is 0 Å². The second kappa shape index (κ2) is 11.0. The van der Waals surface area contributed by atoms with E-state index < -0.39 is 5.97 Å². The highest BCUT2D eigenvalue weighted by molar-refractivity contribution is 7.96. The first-order valence-corrected chi connectivity index (χ1v) is 6.51. The number of carboxylic acid groups (broad SMARTS) is 1. The number of aliphatic carboxylic acids is 1. The van der Waals surface area contributed by atoms with Crippen molar-refractivity contribution in [3.05, 3.63) is 0 Å². The smallest absolute Gasteiger partial charge is 0.303 e. The summed E-state index contributed by atoms with van der Waals surface area (Å²) in [4.78, 5) is 20.7. The van der Waals surface area contributed by atoms with Crippen LogP contribution in [0.5, 0.6) is 0 Å². The van der Waals surface area contributed by atoms with Gasteiger partial charge in [0.2, 0.25) is 0 Å². The summed E-state index contributed by atoms with van der Waals surface area (Å²) in [5, 5.41) is 8.40. The summed E-state index contributed by atoms with van der Waals surface area (Å²) < 4.78 is 0. The molecule has 0 fully saturated rings. The number of hydrogen-bond donors (Lipinski definition) is 2. The number of carbonyl (C=O) groups is 2. The van der Waals surface area contributed by atoms with Crippen LogP contribution >= 0.6 is 12.6 Å². The van der Waals surface area contributed by atoms with Gasteiger partial charge < -0.3 is 5.11 Å². The zero-order chi connectivity index (χ0) is 12.2. The Morgan fingerprint density at radius 1 is 0.750 bits per heavy atom. The first kappa shape index (κ1) is 15.5. The van der Waals surface area contributed by atoms with E-state index >= 15 is 0 Å². The van der Waals surface area contributed by atoms with Crippen LogP contribution in [0.25, 0.3) is 0 Å². The second-order valence-electron chi connectivity index (χ2n) is 4.12. The summed E-state index contributed by atoms with van der Waals surface area (Å²) in [6.07, 6.45) is 9.39. The van der Waals surface area contributed by atoms with E-state index in [4.69, 9.17) is 5.11 Å². The zero-order valence-corrected chi connectivity index (χ0v) is 10.7. The molecule has 0 radical (unpaired) electrons. The van der Waals surface area contributed by atoms with E-state index in [0.717, 1.165) is 32.1 Å². The molecule has 0 saturated heterocycles. The van der Waals surface area contributed by atoms with Crippen LogP contribution in [0.3, 0.4) is 0 Å². The molecule has 0 amide bonds. The van der Waals surface area contributed by atoms with E-state index in [2.05, 4.69) is 12.6 Å². The van der Waals surface area contributed by atoms with Crippen molar-refractivity contribution < 1.29 is 14.7 Å². The van der Waals surface area contributed by atoms with Gasteiger partial charge in [-0.1, -0.05) is 38.5 Å². The van der Waals surface area contributed by atoms with Gasteiger partial charge in [0.1, 0.15) is 0 Å². The number of hydrogen-bond acceptors (Lipinski definition) is 2. The van der Waals surface area contributed by atoms with Gasteiger partial charge in [0.25, 0.3) is 0 Å². The fraction of sp³-hybridized carbons (Fsp3) is 0.833. The Kier molecular flexibility index (Phi) is 10.6. The molecule has 0 aliphatic carbocycles. The van der Waals surface area contributed by atoms with Crippen molar-refractivity contribution in [1.82, 2.24) is 0 Å². The Hall–Kier alpha value is -0.510. The SMILES string of the molecule is O=C(O)CCCCCCCCCCC(=O)S. The maximum atomic E-state index is 10.5. The van der Waals surface area contributed by atoms with Gasteiger partial charge in [-0.2, -0.15) is 0 Å². The van der Waals surface area contributed by atoms with E-state index in [1.807, 2.05) is 0 Å². The first-order chi connectivity index (χ1) is 7.63. The summed E-state index contributed by atoms with van der Waals surface area (Å²) in [6.45, 7) is 0. The quantitative estimate of drug-likeness (QED) is 0.434. The van der Waals surface area contributed by atoms with Crippen molar-refractivity contribution in [2.75, 3.05) is 0 Å². The van der Waals surface area contributed by atoms with E-state index in [9.17, 15) is 9.59 Å². The van der Waals surface area contributed by atoms with Crippen LogP contribution in [0.1, 0.15) is 64.2 Å². The molecule has 0 aromatic heterocycles. The molecule has 0 rings (SSSR count). The minimum Gasteiger partial charge on any atom is -0.481 e. The average molecular weight is 246 g/mol. The molecule has 3 nitrogen and oxygen atoms in total. The van der Waals surface area contributed by atoms with Gasteiger partial charge in [-0.05, 0) is 12.8 Å². The normalized spacial score (nSPS) is 10.3. The van der Waals surface area contributed by atoms with Gasteiger partial charge in [0.05, 0.1) is 0 Å². The number of unbranched alkanes of at least 4 members (excludes halogenated alkanes) is 7. The lowest BCUT2D eigenvalue weighted by Crippen LogP contribution is -1.93. The first-order valence-electron chi connectivity index (χ1n) is 6.06. The van der Waals surface area contributed by atoms with Gasteiger partial charge in [-0.25, -0.2) is 0 Å². The van der Waals surface area contributed by atoms with E-state index in [-0.39, 0.29) is 5.12 Å². The molecule has 0 aliphatic heterocycles. The van der Waals surface area contributed by atoms with Crippen molar-refractivity contribution in [2.24, 2.45) is 0 Å². The molecular weight excluding hydrogens is 224 g/mol. The lowest BCUT2D eigenvalue weighted by Gasteiger charge is -2.00. The molecule has 16 heavy (non-hydrogen) atoms. The Morgan fingerprint density at radius 2 is 1.12 bits per heavy atom. The predicted molar refractivity (Wildman–Crippen MR) is 67.8 cm³/mol. The fourth-order valence-corrected chi connectivity index (χ4v) is 1.77. The largest absolute Gasteiger partial charge is 0.481 e. The summed E-state index contributed by atoms with van der Waals surface area (Å²) in [5.74, 6) is -0.698. The topological polar surface area (TPSA) is 54.4 Å². The molecule has 0 saturated carbocycles. The molecule has 0 aromatic carbocycles. The standard InChI is InChI=1S/C12H22O3S/c13-11(14)9-7-5-3-1-2-4-6-8-10-12(15)16/h1-10H2,(H,13,14)(H,15,16). The highest BCUT2D eigenvalue weighted by Gasteiger charge is 1.97. The van der Waals surface area contributed by atoms with Gasteiger partial charge in [-0.3, -0.25) is 9.59 Å². The van der Waals surface area contributed by atoms with Gasteiger partial charge in [-0.15, -0.1) is 12.6 Å². The van der Waals surface area contributed by atoms with Crippen LogP contribution in [0, 0.1) is 0 Å². The molecule has 4 heteroatoms. The summed E-state index contributed by atoms with van der Waals surface area (Å²) in [5.41, 5.74) is 0. The lowest BCUT2D eigenvalue weighted by atomic mass is 10.1. The van der Waals surface area contributed by atoms with Crippen LogP contribution in [0.4, 0.5) is 0 Å². The van der Waals surface area contributed by atoms with E-state index in [0.29, 0.717) is 12.8 Å². The monoisotopic (exact) mass is 246 g/mol. The zero-order valence-electron chi connectivity index (χ0n) is 9.78. The third-order valence-electron chi connectivity index (χ3n) is 2.53. The van der Waals surface area contributed by atoms with Crippen LogP contribution in [-0.2, 0) is 9.59 Å². The van der Waals surface area contributed by atoms with Gasteiger partial charge in [0, 0.05) is 12.8 Å². The Labute approximate surface area is 103 Å². The third-order valence-corrected chi connectivity index (χ3v) is 2.75. The highest BCUT2D eigenvalue weighted by atomic mass is 32.1. The fourth-order valence-electron chi connectivity index (χ4n) is 1.61. The maximum absolute atomic E-state index is 10.5.